The Balaban J connectivity index is 1.82. The van der Waals surface area contributed by atoms with Crippen molar-refractivity contribution in [2.75, 3.05) is 19.3 Å². The SMILES string of the molecule is CC(c1ccc(Cl)cc1)N1CCC(CCCNS(C)=O)OC1=O. The molecule has 23 heavy (non-hydrogen) atoms. The molecule has 0 saturated carbocycles. The summed E-state index contributed by atoms with van der Waals surface area (Å²) in [7, 11) is -0.989. The minimum atomic E-state index is -0.989. The molecule has 0 bridgehead atoms. The van der Waals surface area contributed by atoms with Gasteiger partial charge in [-0.3, -0.25) is 0 Å². The van der Waals surface area contributed by atoms with Crippen molar-refractivity contribution in [3.63, 3.8) is 0 Å². The Morgan fingerprint density at radius 3 is 2.74 bits per heavy atom. The van der Waals surface area contributed by atoms with Crippen LogP contribution < -0.4 is 4.72 Å². The Kier molecular flexibility index (Phi) is 6.87. The molecule has 1 amide bonds. The molecule has 0 aliphatic carbocycles. The van der Waals surface area contributed by atoms with Gasteiger partial charge in [0.25, 0.3) is 0 Å². The number of amides is 1. The van der Waals surface area contributed by atoms with Gasteiger partial charge in [-0.15, -0.1) is 0 Å². The first kappa shape index (κ1) is 18.2. The molecule has 1 saturated heterocycles. The largest absolute Gasteiger partial charge is 0.446 e. The monoisotopic (exact) mass is 358 g/mol. The quantitative estimate of drug-likeness (QED) is 0.761. The number of hydrogen-bond acceptors (Lipinski definition) is 3. The lowest BCUT2D eigenvalue weighted by atomic mass is 10.0. The highest BCUT2D eigenvalue weighted by atomic mass is 35.5. The molecule has 7 heteroatoms. The molecule has 1 heterocycles. The van der Waals surface area contributed by atoms with Gasteiger partial charge in [0.05, 0.1) is 17.0 Å². The van der Waals surface area contributed by atoms with E-state index < -0.39 is 11.0 Å². The highest BCUT2D eigenvalue weighted by Gasteiger charge is 2.30. The molecule has 1 aliphatic heterocycles. The lowest BCUT2D eigenvalue weighted by Gasteiger charge is -2.36. The molecule has 1 aromatic carbocycles. The van der Waals surface area contributed by atoms with Gasteiger partial charge >= 0.3 is 6.09 Å². The topological polar surface area (TPSA) is 58.6 Å². The summed E-state index contributed by atoms with van der Waals surface area (Å²) in [5.41, 5.74) is 1.04. The fourth-order valence-corrected chi connectivity index (χ4v) is 3.22. The first-order chi connectivity index (χ1) is 11.0. The zero-order valence-electron chi connectivity index (χ0n) is 13.5. The predicted octanol–water partition coefficient (Wildman–Crippen LogP) is 3.28. The summed E-state index contributed by atoms with van der Waals surface area (Å²) in [5, 5.41) is 0.684. The van der Waals surface area contributed by atoms with E-state index in [1.54, 1.807) is 11.2 Å². The number of benzene rings is 1. The third-order valence-electron chi connectivity index (χ3n) is 4.02. The summed E-state index contributed by atoms with van der Waals surface area (Å²) in [6.07, 6.45) is 3.73. The Labute approximate surface area is 144 Å². The third-order valence-corrected chi connectivity index (χ3v) is 4.88. The minimum Gasteiger partial charge on any atom is -0.446 e. The standard InChI is InChI=1S/C16H23ClN2O3S/c1-12(13-5-7-14(17)8-6-13)19-11-9-15(22-16(19)20)4-3-10-18-23(2)21/h5-8,12,15,18H,3-4,9-11H2,1-2H3. The number of halogens is 1. The van der Waals surface area contributed by atoms with Crippen LogP contribution in [0.15, 0.2) is 24.3 Å². The Hall–Kier alpha value is -1.11. The number of cyclic esters (lactones) is 1. The van der Waals surface area contributed by atoms with E-state index in [-0.39, 0.29) is 18.2 Å². The van der Waals surface area contributed by atoms with Crippen LogP contribution in [0.1, 0.15) is 37.8 Å². The number of carbonyl (C=O) groups excluding carboxylic acids is 1. The number of ether oxygens (including phenoxy) is 1. The van der Waals surface area contributed by atoms with E-state index in [2.05, 4.69) is 4.72 Å². The number of carbonyl (C=O) groups is 1. The highest BCUT2D eigenvalue weighted by molar-refractivity contribution is 7.82. The Morgan fingerprint density at radius 2 is 2.13 bits per heavy atom. The van der Waals surface area contributed by atoms with Gasteiger partial charge in [0.1, 0.15) is 6.10 Å². The maximum Gasteiger partial charge on any atom is 0.410 e. The molecule has 128 valence electrons. The first-order valence-electron chi connectivity index (χ1n) is 7.77. The summed E-state index contributed by atoms with van der Waals surface area (Å²) >= 11 is 5.90. The molecule has 0 spiro atoms. The van der Waals surface area contributed by atoms with Gasteiger partial charge in [0, 0.05) is 30.8 Å². The highest BCUT2D eigenvalue weighted by Crippen LogP contribution is 2.27. The Bertz CT molecular complexity index is 553. The molecule has 1 aromatic rings. The summed E-state index contributed by atoms with van der Waals surface area (Å²) < 4.78 is 19.3. The van der Waals surface area contributed by atoms with Crippen LogP contribution in [0, 0.1) is 0 Å². The van der Waals surface area contributed by atoms with E-state index >= 15 is 0 Å². The van der Waals surface area contributed by atoms with Crippen molar-refractivity contribution in [1.29, 1.82) is 0 Å². The fraction of sp³-hybridized carbons (Fsp3) is 0.562. The molecular formula is C16H23ClN2O3S. The van der Waals surface area contributed by atoms with Crippen molar-refractivity contribution >= 4 is 28.7 Å². The molecule has 3 unspecified atom stereocenters. The molecular weight excluding hydrogens is 336 g/mol. The Morgan fingerprint density at radius 1 is 1.43 bits per heavy atom. The molecule has 0 aromatic heterocycles. The fourth-order valence-electron chi connectivity index (χ4n) is 2.67. The summed E-state index contributed by atoms with van der Waals surface area (Å²) in [4.78, 5) is 14.0. The maximum atomic E-state index is 12.2. The summed E-state index contributed by atoms with van der Waals surface area (Å²) in [6, 6.07) is 7.49. The molecule has 2 rings (SSSR count). The maximum absolute atomic E-state index is 12.2. The van der Waals surface area contributed by atoms with Crippen molar-refractivity contribution in [1.82, 2.24) is 9.62 Å². The van der Waals surface area contributed by atoms with Crippen molar-refractivity contribution < 1.29 is 13.7 Å². The van der Waals surface area contributed by atoms with Crippen LogP contribution in [0.3, 0.4) is 0 Å². The number of nitrogens with zero attached hydrogens (tertiary/aromatic N) is 1. The molecule has 1 N–H and O–H groups in total. The van der Waals surface area contributed by atoms with E-state index in [1.807, 2.05) is 31.2 Å². The second-order valence-corrected chi connectivity index (χ2v) is 7.34. The number of hydrogen-bond donors (Lipinski definition) is 1. The van der Waals surface area contributed by atoms with Gasteiger partial charge < -0.3 is 9.64 Å². The molecule has 1 fully saturated rings. The van der Waals surface area contributed by atoms with Crippen molar-refractivity contribution in [2.24, 2.45) is 0 Å². The van der Waals surface area contributed by atoms with Crippen LogP contribution in [-0.4, -0.2) is 40.7 Å². The number of nitrogens with one attached hydrogen (secondary N) is 1. The molecule has 5 nitrogen and oxygen atoms in total. The molecule has 1 aliphatic rings. The average Bonchev–Trinajstić information content (AvgIpc) is 2.51. The normalized spacial score (nSPS) is 20.9. The van der Waals surface area contributed by atoms with Crippen molar-refractivity contribution in [2.45, 2.75) is 38.3 Å². The molecule has 3 atom stereocenters. The summed E-state index contributed by atoms with van der Waals surface area (Å²) in [5.74, 6) is 0. The van der Waals surface area contributed by atoms with Crippen LogP contribution >= 0.6 is 11.6 Å². The summed E-state index contributed by atoms with van der Waals surface area (Å²) in [6.45, 7) is 3.34. The lowest BCUT2D eigenvalue weighted by Crippen LogP contribution is -2.43. The second kappa shape index (κ2) is 8.66. The van der Waals surface area contributed by atoms with Gasteiger partial charge in [0.15, 0.2) is 0 Å². The first-order valence-corrected chi connectivity index (χ1v) is 9.70. The third kappa shape index (κ3) is 5.48. The van der Waals surface area contributed by atoms with E-state index in [0.717, 1.165) is 24.8 Å². The van der Waals surface area contributed by atoms with Crippen LogP contribution in [-0.2, 0) is 15.7 Å². The van der Waals surface area contributed by atoms with Gasteiger partial charge in [-0.25, -0.2) is 13.7 Å². The van der Waals surface area contributed by atoms with E-state index in [4.69, 9.17) is 16.3 Å². The molecule has 0 radical (unpaired) electrons. The van der Waals surface area contributed by atoms with Crippen LogP contribution in [0.5, 0.6) is 0 Å². The van der Waals surface area contributed by atoms with Crippen molar-refractivity contribution in [3.8, 4) is 0 Å². The van der Waals surface area contributed by atoms with Gasteiger partial charge in [-0.1, -0.05) is 23.7 Å². The van der Waals surface area contributed by atoms with Crippen molar-refractivity contribution in [3.05, 3.63) is 34.9 Å². The van der Waals surface area contributed by atoms with Crippen LogP contribution in [0.2, 0.25) is 5.02 Å². The van der Waals surface area contributed by atoms with E-state index in [0.29, 0.717) is 18.1 Å². The van der Waals surface area contributed by atoms with Gasteiger partial charge in [-0.05, 0) is 37.5 Å². The second-order valence-electron chi connectivity index (χ2n) is 5.71. The average molecular weight is 359 g/mol. The minimum absolute atomic E-state index is 0.0371. The zero-order valence-corrected chi connectivity index (χ0v) is 15.0. The van der Waals surface area contributed by atoms with Crippen LogP contribution in [0.4, 0.5) is 4.79 Å². The predicted molar refractivity (Wildman–Crippen MR) is 92.8 cm³/mol. The van der Waals surface area contributed by atoms with E-state index in [9.17, 15) is 9.00 Å². The smallest absolute Gasteiger partial charge is 0.410 e. The van der Waals surface area contributed by atoms with Gasteiger partial charge in [-0.2, -0.15) is 0 Å². The zero-order chi connectivity index (χ0) is 16.8. The van der Waals surface area contributed by atoms with Gasteiger partial charge in [0.2, 0.25) is 0 Å². The number of rotatable bonds is 7. The van der Waals surface area contributed by atoms with Crippen LogP contribution in [0.25, 0.3) is 0 Å². The van der Waals surface area contributed by atoms with E-state index in [1.165, 1.54) is 0 Å². The lowest BCUT2D eigenvalue weighted by molar-refractivity contribution is 0.00942.